The smallest absolute Gasteiger partial charge is 0.319 e. The average Bonchev–Trinajstić information content (AvgIpc) is 2.99. The van der Waals surface area contributed by atoms with E-state index in [1.54, 1.807) is 19.1 Å². The molecule has 2 amide bonds. The Balaban J connectivity index is 1.65. The van der Waals surface area contributed by atoms with Gasteiger partial charge in [0.25, 0.3) is 5.69 Å². The number of hydrogen-bond acceptors (Lipinski definition) is 4. The standard InChI is InChI=1S/C17H17N5O3/c1-11-6-7-13(8-15(11)22(24)25)20-17(23)18-9-14-10-21-12(2)4-3-5-16(21)19-14/h3-8,10H,9H2,1-2H3,(H2,18,20,23). The quantitative estimate of drug-likeness (QED) is 0.563. The van der Waals surface area contributed by atoms with Crippen LogP contribution in [0.5, 0.6) is 0 Å². The van der Waals surface area contributed by atoms with E-state index < -0.39 is 11.0 Å². The molecule has 0 atom stereocenters. The van der Waals surface area contributed by atoms with Gasteiger partial charge in [-0.3, -0.25) is 10.1 Å². The van der Waals surface area contributed by atoms with Crippen molar-refractivity contribution in [1.82, 2.24) is 14.7 Å². The zero-order valence-electron chi connectivity index (χ0n) is 13.8. The van der Waals surface area contributed by atoms with Crippen LogP contribution in [0.15, 0.2) is 42.6 Å². The van der Waals surface area contributed by atoms with Crippen LogP contribution < -0.4 is 10.6 Å². The summed E-state index contributed by atoms with van der Waals surface area (Å²) in [6, 6.07) is 9.89. The molecule has 0 bridgehead atoms. The molecular formula is C17H17N5O3. The highest BCUT2D eigenvalue weighted by Gasteiger charge is 2.12. The first-order valence-corrected chi connectivity index (χ1v) is 7.67. The Bertz CT molecular complexity index is 964. The molecule has 8 heteroatoms. The molecule has 0 unspecified atom stereocenters. The molecule has 3 rings (SSSR count). The lowest BCUT2D eigenvalue weighted by molar-refractivity contribution is -0.385. The Hall–Kier alpha value is -3.42. The maximum Gasteiger partial charge on any atom is 0.319 e. The number of rotatable bonds is 4. The lowest BCUT2D eigenvalue weighted by atomic mass is 10.2. The lowest BCUT2D eigenvalue weighted by Gasteiger charge is -2.07. The molecule has 0 aliphatic rings. The third-order valence-corrected chi connectivity index (χ3v) is 3.84. The number of aryl methyl sites for hydroxylation is 2. The lowest BCUT2D eigenvalue weighted by Crippen LogP contribution is -2.28. The van der Waals surface area contributed by atoms with E-state index in [9.17, 15) is 14.9 Å². The van der Waals surface area contributed by atoms with Crippen molar-refractivity contribution < 1.29 is 9.72 Å². The topological polar surface area (TPSA) is 102 Å². The van der Waals surface area contributed by atoms with Crippen molar-refractivity contribution in [2.45, 2.75) is 20.4 Å². The first-order valence-electron chi connectivity index (χ1n) is 7.67. The second-order valence-corrected chi connectivity index (χ2v) is 5.69. The SMILES string of the molecule is Cc1ccc(NC(=O)NCc2cn3c(C)cccc3n2)cc1[N+](=O)[O-]. The summed E-state index contributed by atoms with van der Waals surface area (Å²) in [5.41, 5.74) is 3.45. The predicted octanol–water partition coefficient (Wildman–Crippen LogP) is 3.18. The number of carbonyl (C=O) groups is 1. The van der Waals surface area contributed by atoms with Gasteiger partial charge in [0.2, 0.25) is 0 Å². The Morgan fingerprint density at radius 3 is 2.80 bits per heavy atom. The zero-order chi connectivity index (χ0) is 18.0. The number of urea groups is 1. The predicted molar refractivity (Wildman–Crippen MR) is 93.6 cm³/mol. The van der Waals surface area contributed by atoms with E-state index in [0.717, 1.165) is 17.0 Å². The largest absolute Gasteiger partial charge is 0.332 e. The van der Waals surface area contributed by atoms with Gasteiger partial charge < -0.3 is 15.0 Å². The van der Waals surface area contributed by atoms with E-state index in [2.05, 4.69) is 15.6 Å². The summed E-state index contributed by atoms with van der Waals surface area (Å²) in [6.45, 7) is 3.87. The first-order chi connectivity index (χ1) is 11.9. The van der Waals surface area contributed by atoms with Crippen LogP contribution in [0.1, 0.15) is 17.0 Å². The summed E-state index contributed by atoms with van der Waals surface area (Å²) in [6.07, 6.45) is 1.86. The van der Waals surface area contributed by atoms with Crippen molar-refractivity contribution in [3.05, 3.63) is 69.7 Å². The number of nitrogens with zero attached hydrogens (tertiary/aromatic N) is 3. The molecule has 3 aromatic rings. The molecule has 8 nitrogen and oxygen atoms in total. The molecule has 0 saturated heterocycles. The summed E-state index contributed by atoms with van der Waals surface area (Å²) in [4.78, 5) is 26.9. The normalized spacial score (nSPS) is 10.6. The van der Waals surface area contributed by atoms with E-state index in [4.69, 9.17) is 0 Å². The molecule has 1 aromatic carbocycles. The van der Waals surface area contributed by atoms with E-state index in [1.807, 2.05) is 35.7 Å². The minimum Gasteiger partial charge on any atom is -0.332 e. The van der Waals surface area contributed by atoms with Crippen LogP contribution in [0.25, 0.3) is 5.65 Å². The van der Waals surface area contributed by atoms with E-state index >= 15 is 0 Å². The summed E-state index contributed by atoms with van der Waals surface area (Å²) in [7, 11) is 0. The van der Waals surface area contributed by atoms with E-state index in [-0.39, 0.29) is 12.2 Å². The Morgan fingerprint density at radius 2 is 2.08 bits per heavy atom. The van der Waals surface area contributed by atoms with Crippen LogP contribution in [0.2, 0.25) is 0 Å². The number of aromatic nitrogens is 2. The molecule has 2 aromatic heterocycles. The van der Waals surface area contributed by atoms with Gasteiger partial charge in [-0.1, -0.05) is 12.1 Å². The van der Waals surface area contributed by atoms with Gasteiger partial charge in [-0.15, -0.1) is 0 Å². The van der Waals surface area contributed by atoms with Crippen LogP contribution >= 0.6 is 0 Å². The van der Waals surface area contributed by atoms with Crippen molar-refractivity contribution >= 4 is 23.1 Å². The van der Waals surface area contributed by atoms with Crippen molar-refractivity contribution in [2.75, 3.05) is 5.32 Å². The highest BCUT2D eigenvalue weighted by molar-refractivity contribution is 5.89. The van der Waals surface area contributed by atoms with Crippen LogP contribution in [0, 0.1) is 24.0 Å². The molecule has 128 valence electrons. The highest BCUT2D eigenvalue weighted by atomic mass is 16.6. The van der Waals surface area contributed by atoms with Crippen LogP contribution in [0.3, 0.4) is 0 Å². The molecule has 0 spiro atoms. The molecule has 25 heavy (non-hydrogen) atoms. The third kappa shape index (κ3) is 3.57. The van der Waals surface area contributed by atoms with Gasteiger partial charge in [-0.25, -0.2) is 9.78 Å². The van der Waals surface area contributed by atoms with Gasteiger partial charge in [-0.05, 0) is 32.0 Å². The Labute approximate surface area is 143 Å². The van der Waals surface area contributed by atoms with E-state index in [1.165, 1.54) is 6.07 Å². The Kier molecular flexibility index (Phi) is 4.34. The number of carbonyl (C=O) groups excluding carboxylic acids is 1. The Morgan fingerprint density at radius 1 is 1.28 bits per heavy atom. The summed E-state index contributed by atoms with van der Waals surface area (Å²) in [5.74, 6) is 0. The first kappa shape index (κ1) is 16.4. The maximum absolute atomic E-state index is 12.0. The van der Waals surface area contributed by atoms with Crippen LogP contribution in [-0.4, -0.2) is 20.3 Å². The fourth-order valence-electron chi connectivity index (χ4n) is 2.51. The molecule has 0 fully saturated rings. The summed E-state index contributed by atoms with van der Waals surface area (Å²) >= 11 is 0. The number of benzene rings is 1. The summed E-state index contributed by atoms with van der Waals surface area (Å²) in [5, 5.41) is 16.2. The minimum absolute atomic E-state index is 0.0337. The van der Waals surface area contributed by atoms with Gasteiger partial charge in [0.15, 0.2) is 0 Å². The monoisotopic (exact) mass is 339 g/mol. The maximum atomic E-state index is 12.0. The number of pyridine rings is 1. The number of nitro groups is 1. The number of hydrogen-bond donors (Lipinski definition) is 2. The molecule has 0 aliphatic carbocycles. The van der Waals surface area contributed by atoms with Crippen molar-refractivity contribution in [2.24, 2.45) is 0 Å². The molecule has 0 radical (unpaired) electrons. The number of imidazole rings is 1. The number of fused-ring (bicyclic) bond motifs is 1. The second-order valence-electron chi connectivity index (χ2n) is 5.69. The number of nitro benzene ring substituents is 1. The number of amides is 2. The molecule has 2 N–H and O–H groups in total. The molecular weight excluding hydrogens is 322 g/mol. The third-order valence-electron chi connectivity index (χ3n) is 3.84. The molecule has 2 heterocycles. The van der Waals surface area contributed by atoms with E-state index in [0.29, 0.717) is 11.3 Å². The van der Waals surface area contributed by atoms with Gasteiger partial charge in [0, 0.05) is 29.2 Å². The number of anilines is 1. The fourth-order valence-corrected chi connectivity index (χ4v) is 2.51. The van der Waals surface area contributed by atoms with Crippen molar-refractivity contribution in [3.8, 4) is 0 Å². The van der Waals surface area contributed by atoms with Gasteiger partial charge in [0.1, 0.15) is 5.65 Å². The van der Waals surface area contributed by atoms with Gasteiger partial charge in [0.05, 0.1) is 17.2 Å². The van der Waals surface area contributed by atoms with Gasteiger partial charge >= 0.3 is 6.03 Å². The number of nitrogens with one attached hydrogen (secondary N) is 2. The van der Waals surface area contributed by atoms with Crippen molar-refractivity contribution in [3.63, 3.8) is 0 Å². The fraction of sp³-hybridized carbons (Fsp3) is 0.176. The molecule has 0 saturated carbocycles. The van der Waals surface area contributed by atoms with Gasteiger partial charge in [-0.2, -0.15) is 0 Å². The average molecular weight is 339 g/mol. The summed E-state index contributed by atoms with van der Waals surface area (Å²) < 4.78 is 1.94. The van der Waals surface area contributed by atoms with Crippen LogP contribution in [0.4, 0.5) is 16.2 Å². The second kappa shape index (κ2) is 6.60. The highest BCUT2D eigenvalue weighted by Crippen LogP contribution is 2.22. The van der Waals surface area contributed by atoms with Crippen LogP contribution in [-0.2, 0) is 6.54 Å². The minimum atomic E-state index is -0.475. The zero-order valence-corrected chi connectivity index (χ0v) is 13.8. The van der Waals surface area contributed by atoms with Crippen molar-refractivity contribution in [1.29, 1.82) is 0 Å². The molecule has 0 aliphatic heterocycles.